The van der Waals surface area contributed by atoms with Gasteiger partial charge in [0, 0.05) is 29.7 Å². The highest BCUT2D eigenvalue weighted by Gasteiger charge is 2.21. The summed E-state index contributed by atoms with van der Waals surface area (Å²) in [6.45, 7) is 1.81. The number of aromatic hydroxyl groups is 1. The van der Waals surface area contributed by atoms with Crippen LogP contribution in [0.25, 0.3) is 10.9 Å². The molecule has 1 aliphatic heterocycles. The van der Waals surface area contributed by atoms with E-state index in [9.17, 15) is 9.90 Å². The van der Waals surface area contributed by atoms with Crippen LogP contribution in [0.5, 0.6) is 5.75 Å². The number of hydrogen-bond donors (Lipinski definition) is 4. The average Bonchev–Trinajstić information content (AvgIpc) is 3.14. The summed E-state index contributed by atoms with van der Waals surface area (Å²) >= 11 is 0. The summed E-state index contributed by atoms with van der Waals surface area (Å²) in [4.78, 5) is 17.7. The largest absolute Gasteiger partial charge is 0.508 e. The van der Waals surface area contributed by atoms with Crippen LogP contribution in [0.4, 0.5) is 0 Å². The van der Waals surface area contributed by atoms with Crippen LogP contribution in [0, 0.1) is 0 Å². The molecule has 130 valence electrons. The highest BCUT2D eigenvalue weighted by Crippen LogP contribution is 2.23. The molecule has 1 aliphatic rings. The van der Waals surface area contributed by atoms with Crippen LogP contribution < -0.4 is 11.1 Å². The van der Waals surface area contributed by atoms with Crippen molar-refractivity contribution in [2.24, 2.45) is 5.73 Å². The van der Waals surface area contributed by atoms with Crippen molar-refractivity contribution in [3.05, 3.63) is 30.0 Å². The third-order valence-electron chi connectivity index (χ3n) is 4.98. The van der Waals surface area contributed by atoms with Crippen molar-refractivity contribution in [1.82, 2.24) is 15.2 Å². The van der Waals surface area contributed by atoms with E-state index in [0.29, 0.717) is 19.0 Å². The first-order valence-corrected chi connectivity index (χ1v) is 8.57. The molecule has 0 aliphatic carbocycles. The summed E-state index contributed by atoms with van der Waals surface area (Å²) in [5.74, 6) is 0.0900. The molecule has 2 heterocycles. The number of phenols is 1. The number of rotatable bonds is 6. The summed E-state index contributed by atoms with van der Waals surface area (Å²) in [7, 11) is 2.14. The van der Waals surface area contributed by atoms with Gasteiger partial charge in [-0.2, -0.15) is 0 Å². The number of aromatic amines is 1. The van der Waals surface area contributed by atoms with Gasteiger partial charge < -0.3 is 26.0 Å². The van der Waals surface area contributed by atoms with Crippen LogP contribution in [0.1, 0.15) is 24.8 Å². The van der Waals surface area contributed by atoms with E-state index in [1.165, 1.54) is 12.8 Å². The molecule has 1 aromatic heterocycles. The molecular formula is C18H26N4O2. The first-order valence-electron chi connectivity index (χ1n) is 8.57. The second-order valence-corrected chi connectivity index (χ2v) is 6.71. The molecule has 1 fully saturated rings. The zero-order valence-electron chi connectivity index (χ0n) is 14.1. The molecule has 0 bridgehead atoms. The van der Waals surface area contributed by atoms with E-state index in [4.69, 9.17) is 5.73 Å². The normalized spacial score (nSPS) is 19.7. The van der Waals surface area contributed by atoms with Gasteiger partial charge in [-0.3, -0.25) is 4.79 Å². The van der Waals surface area contributed by atoms with Gasteiger partial charge in [0.25, 0.3) is 0 Å². The van der Waals surface area contributed by atoms with Crippen molar-refractivity contribution in [1.29, 1.82) is 0 Å². The van der Waals surface area contributed by atoms with Gasteiger partial charge in [-0.1, -0.05) is 0 Å². The maximum Gasteiger partial charge on any atom is 0.237 e. The Bertz CT molecular complexity index is 712. The van der Waals surface area contributed by atoms with Crippen LogP contribution in [0.15, 0.2) is 24.4 Å². The summed E-state index contributed by atoms with van der Waals surface area (Å²) < 4.78 is 0. The van der Waals surface area contributed by atoms with E-state index in [0.717, 1.165) is 29.4 Å². The highest BCUT2D eigenvalue weighted by molar-refractivity contribution is 5.86. The quantitative estimate of drug-likeness (QED) is 0.643. The van der Waals surface area contributed by atoms with Crippen molar-refractivity contribution in [2.45, 2.75) is 37.8 Å². The SMILES string of the molecule is CN1CCCC1CCNC(=O)[C@@H](N)Cc1c[nH]c2ccc(O)cc12. The molecule has 1 unspecified atom stereocenters. The number of aromatic nitrogens is 1. The number of H-pyrrole nitrogens is 1. The minimum atomic E-state index is -0.590. The Morgan fingerprint density at radius 1 is 1.54 bits per heavy atom. The number of fused-ring (bicyclic) bond motifs is 1. The number of hydrogen-bond acceptors (Lipinski definition) is 4. The van der Waals surface area contributed by atoms with E-state index in [1.807, 2.05) is 12.3 Å². The lowest BCUT2D eigenvalue weighted by Crippen LogP contribution is -2.43. The van der Waals surface area contributed by atoms with Crippen molar-refractivity contribution in [2.75, 3.05) is 20.1 Å². The van der Waals surface area contributed by atoms with E-state index < -0.39 is 6.04 Å². The second kappa shape index (κ2) is 7.23. The van der Waals surface area contributed by atoms with Crippen LogP contribution in [-0.2, 0) is 11.2 Å². The Kier molecular flexibility index (Phi) is 5.06. The topological polar surface area (TPSA) is 94.4 Å². The lowest BCUT2D eigenvalue weighted by molar-refractivity contribution is -0.122. The summed E-state index contributed by atoms with van der Waals surface area (Å²) in [5.41, 5.74) is 7.93. The number of carbonyl (C=O) groups is 1. The number of phenolic OH excluding ortho intramolecular Hbond substituents is 1. The fraction of sp³-hybridized carbons (Fsp3) is 0.500. The van der Waals surface area contributed by atoms with Gasteiger partial charge in [-0.15, -0.1) is 0 Å². The number of carbonyl (C=O) groups excluding carboxylic acids is 1. The fourth-order valence-corrected chi connectivity index (χ4v) is 3.50. The molecule has 1 aromatic carbocycles. The van der Waals surface area contributed by atoms with Gasteiger partial charge in [0.05, 0.1) is 6.04 Å². The number of nitrogens with zero attached hydrogens (tertiary/aromatic N) is 1. The standard InChI is InChI=1S/C18H26N4O2/c1-22-8-2-3-13(22)6-7-20-18(24)16(19)9-12-11-21-17-5-4-14(23)10-15(12)17/h4-5,10-11,13,16,21,23H,2-3,6-9,19H2,1H3,(H,20,24)/t13?,16-/m0/s1. The van der Waals surface area contributed by atoms with Crippen LogP contribution in [0.3, 0.4) is 0 Å². The minimum absolute atomic E-state index is 0.120. The average molecular weight is 330 g/mol. The van der Waals surface area contributed by atoms with Crippen LogP contribution >= 0.6 is 0 Å². The highest BCUT2D eigenvalue weighted by atomic mass is 16.3. The fourth-order valence-electron chi connectivity index (χ4n) is 3.50. The van der Waals surface area contributed by atoms with E-state index in [-0.39, 0.29) is 11.7 Å². The Morgan fingerprint density at radius 3 is 3.12 bits per heavy atom. The van der Waals surface area contributed by atoms with E-state index >= 15 is 0 Å². The Hall–Kier alpha value is -2.05. The third-order valence-corrected chi connectivity index (χ3v) is 4.98. The van der Waals surface area contributed by atoms with Gasteiger partial charge in [0.2, 0.25) is 5.91 Å². The first-order chi connectivity index (χ1) is 11.5. The second-order valence-electron chi connectivity index (χ2n) is 6.71. The Morgan fingerprint density at radius 2 is 2.38 bits per heavy atom. The number of likely N-dealkylation sites (tertiary alicyclic amines) is 1. The molecule has 1 saturated heterocycles. The summed E-state index contributed by atoms with van der Waals surface area (Å²) in [6, 6.07) is 5.13. The number of nitrogens with two attached hydrogens (primary N) is 1. The van der Waals surface area contributed by atoms with Gasteiger partial charge in [-0.25, -0.2) is 0 Å². The maximum atomic E-state index is 12.2. The Balaban J connectivity index is 1.52. The summed E-state index contributed by atoms with van der Waals surface area (Å²) in [6.07, 6.45) is 5.71. The van der Waals surface area contributed by atoms with Gasteiger partial charge in [0.1, 0.15) is 5.75 Å². The van der Waals surface area contributed by atoms with Crippen molar-refractivity contribution < 1.29 is 9.90 Å². The first kappa shape index (κ1) is 16.8. The molecule has 3 rings (SSSR count). The number of nitrogens with one attached hydrogen (secondary N) is 2. The van der Waals surface area contributed by atoms with Gasteiger partial charge in [-0.05, 0) is 63.0 Å². The van der Waals surface area contributed by atoms with Gasteiger partial charge >= 0.3 is 0 Å². The van der Waals surface area contributed by atoms with Crippen molar-refractivity contribution in [3.63, 3.8) is 0 Å². The van der Waals surface area contributed by atoms with Crippen LogP contribution in [-0.4, -0.2) is 53.1 Å². The Labute approximate surface area is 142 Å². The molecule has 6 heteroatoms. The lowest BCUT2D eigenvalue weighted by atomic mass is 10.0. The molecule has 24 heavy (non-hydrogen) atoms. The molecule has 2 atom stereocenters. The minimum Gasteiger partial charge on any atom is -0.508 e. The lowest BCUT2D eigenvalue weighted by Gasteiger charge is -2.20. The number of amides is 1. The third kappa shape index (κ3) is 3.71. The zero-order chi connectivity index (χ0) is 17.1. The molecule has 1 amide bonds. The molecule has 0 radical (unpaired) electrons. The van der Waals surface area contributed by atoms with Crippen molar-refractivity contribution >= 4 is 16.8 Å². The molecule has 5 N–H and O–H groups in total. The molecule has 0 spiro atoms. The summed E-state index contributed by atoms with van der Waals surface area (Å²) in [5, 5.41) is 13.5. The monoisotopic (exact) mass is 330 g/mol. The van der Waals surface area contributed by atoms with E-state index in [2.05, 4.69) is 22.2 Å². The molecular weight excluding hydrogens is 304 g/mol. The number of benzene rings is 1. The van der Waals surface area contributed by atoms with Crippen molar-refractivity contribution in [3.8, 4) is 5.75 Å². The molecule has 2 aromatic rings. The zero-order valence-corrected chi connectivity index (χ0v) is 14.1. The maximum absolute atomic E-state index is 12.2. The predicted molar refractivity (Wildman–Crippen MR) is 94.9 cm³/mol. The molecule has 0 saturated carbocycles. The predicted octanol–water partition coefficient (Wildman–Crippen LogP) is 1.34. The molecule has 6 nitrogen and oxygen atoms in total. The smallest absolute Gasteiger partial charge is 0.237 e. The van der Waals surface area contributed by atoms with Crippen LogP contribution in [0.2, 0.25) is 0 Å². The van der Waals surface area contributed by atoms with E-state index in [1.54, 1.807) is 12.1 Å². The van der Waals surface area contributed by atoms with Gasteiger partial charge in [0.15, 0.2) is 0 Å².